The number of carbonyl (C=O) groups is 1. The maximum Gasteiger partial charge on any atom is 0.351 e. The fraction of sp³-hybridized carbons (Fsp3) is 0.154. The number of anilines is 1. The smallest absolute Gasteiger partial charge is 0.351 e. The van der Waals surface area contributed by atoms with Crippen LogP contribution in [0.15, 0.2) is 35.4 Å². The average molecular weight is 243 g/mol. The van der Waals surface area contributed by atoms with E-state index in [2.05, 4.69) is 15.5 Å². The Labute approximate surface area is 104 Å². The highest BCUT2D eigenvalue weighted by Crippen LogP contribution is 2.19. The van der Waals surface area contributed by atoms with Gasteiger partial charge in [0.2, 0.25) is 0 Å². The van der Waals surface area contributed by atoms with Crippen molar-refractivity contribution in [1.82, 2.24) is 4.98 Å². The van der Waals surface area contributed by atoms with Gasteiger partial charge in [0.15, 0.2) is 0 Å². The van der Waals surface area contributed by atoms with Crippen LogP contribution in [0.1, 0.15) is 12.5 Å². The number of carboxylic acid groups (broad SMARTS) is 1. The first kappa shape index (κ1) is 12.0. The van der Waals surface area contributed by atoms with E-state index in [1.54, 1.807) is 0 Å². The van der Waals surface area contributed by atoms with E-state index in [9.17, 15) is 4.79 Å². The van der Waals surface area contributed by atoms with Crippen molar-refractivity contribution in [2.75, 3.05) is 5.43 Å². The summed E-state index contributed by atoms with van der Waals surface area (Å²) in [4.78, 5) is 15.0. The molecule has 1 aromatic carbocycles. The molecule has 0 radical (unpaired) electrons. The SMILES string of the molecule is C/C(=N\Nc1cc(C)c2ccccc2n1)C(=O)O. The zero-order valence-electron chi connectivity index (χ0n) is 10.1. The highest BCUT2D eigenvalue weighted by molar-refractivity contribution is 6.34. The summed E-state index contributed by atoms with van der Waals surface area (Å²) < 4.78 is 0. The third kappa shape index (κ3) is 2.45. The normalized spacial score (nSPS) is 11.6. The standard InChI is InChI=1S/C13H13N3O2/c1-8-7-12(16-15-9(2)13(17)18)14-11-6-4-3-5-10(8)11/h3-7H,1-2H3,(H,14,16)(H,17,18)/b15-9+. The van der Waals surface area contributed by atoms with Crippen molar-refractivity contribution in [3.8, 4) is 0 Å². The molecule has 0 saturated carbocycles. The van der Waals surface area contributed by atoms with Gasteiger partial charge in [-0.3, -0.25) is 5.43 Å². The number of aliphatic carboxylic acids is 1. The number of fused-ring (bicyclic) bond motifs is 1. The third-order valence-corrected chi connectivity index (χ3v) is 2.57. The van der Waals surface area contributed by atoms with Crippen molar-refractivity contribution in [2.24, 2.45) is 5.10 Å². The Morgan fingerprint density at radius 2 is 2.11 bits per heavy atom. The van der Waals surface area contributed by atoms with Gasteiger partial charge in [0.05, 0.1) is 5.52 Å². The van der Waals surface area contributed by atoms with Gasteiger partial charge in [0.25, 0.3) is 0 Å². The average Bonchev–Trinajstić information content (AvgIpc) is 2.36. The molecule has 0 aliphatic rings. The molecule has 1 heterocycles. The van der Waals surface area contributed by atoms with Gasteiger partial charge in [-0.15, -0.1) is 0 Å². The largest absolute Gasteiger partial charge is 0.477 e. The van der Waals surface area contributed by atoms with Gasteiger partial charge in [0.1, 0.15) is 11.5 Å². The van der Waals surface area contributed by atoms with Gasteiger partial charge in [0, 0.05) is 5.39 Å². The summed E-state index contributed by atoms with van der Waals surface area (Å²) in [5.74, 6) is -0.521. The molecule has 0 fully saturated rings. The minimum absolute atomic E-state index is 0.0115. The Morgan fingerprint density at radius 3 is 2.83 bits per heavy atom. The van der Waals surface area contributed by atoms with Crippen LogP contribution in [-0.2, 0) is 4.79 Å². The van der Waals surface area contributed by atoms with E-state index in [0.717, 1.165) is 16.5 Å². The number of pyridine rings is 1. The second kappa shape index (κ2) is 4.83. The lowest BCUT2D eigenvalue weighted by Crippen LogP contribution is -2.10. The van der Waals surface area contributed by atoms with Crippen LogP contribution in [0.4, 0.5) is 5.82 Å². The molecule has 2 aromatic rings. The van der Waals surface area contributed by atoms with Gasteiger partial charge >= 0.3 is 5.97 Å². The Bertz CT molecular complexity index is 635. The zero-order chi connectivity index (χ0) is 13.1. The van der Waals surface area contributed by atoms with Gasteiger partial charge in [-0.05, 0) is 31.5 Å². The number of hydrogen-bond donors (Lipinski definition) is 2. The van der Waals surface area contributed by atoms with E-state index in [4.69, 9.17) is 5.11 Å². The molecule has 0 bridgehead atoms. The number of rotatable bonds is 3. The second-order valence-electron chi connectivity index (χ2n) is 3.96. The van der Waals surface area contributed by atoms with Crippen molar-refractivity contribution in [2.45, 2.75) is 13.8 Å². The number of hydrazone groups is 1. The lowest BCUT2D eigenvalue weighted by molar-refractivity contribution is -0.129. The van der Waals surface area contributed by atoms with Crippen molar-refractivity contribution < 1.29 is 9.90 Å². The Balaban J connectivity index is 2.36. The van der Waals surface area contributed by atoms with Crippen LogP contribution >= 0.6 is 0 Å². The number of hydrogen-bond acceptors (Lipinski definition) is 4. The minimum Gasteiger partial charge on any atom is -0.477 e. The van der Waals surface area contributed by atoms with Crippen molar-refractivity contribution in [3.05, 3.63) is 35.9 Å². The van der Waals surface area contributed by atoms with E-state index in [-0.39, 0.29) is 5.71 Å². The first-order valence-corrected chi connectivity index (χ1v) is 5.48. The van der Waals surface area contributed by atoms with E-state index < -0.39 is 5.97 Å². The summed E-state index contributed by atoms with van der Waals surface area (Å²) in [5, 5.41) is 13.5. The van der Waals surface area contributed by atoms with Crippen LogP contribution < -0.4 is 5.43 Å². The van der Waals surface area contributed by atoms with E-state index >= 15 is 0 Å². The highest BCUT2D eigenvalue weighted by Gasteiger charge is 2.03. The molecule has 2 N–H and O–H groups in total. The molecule has 0 saturated heterocycles. The Hall–Kier alpha value is -2.43. The predicted molar refractivity (Wildman–Crippen MR) is 70.8 cm³/mol. The molecule has 0 spiro atoms. The number of aromatic nitrogens is 1. The third-order valence-electron chi connectivity index (χ3n) is 2.57. The lowest BCUT2D eigenvalue weighted by Gasteiger charge is -2.05. The summed E-state index contributed by atoms with van der Waals surface area (Å²) in [6.45, 7) is 3.40. The van der Waals surface area contributed by atoms with E-state index in [1.165, 1.54) is 6.92 Å². The summed E-state index contributed by atoms with van der Waals surface area (Å²) in [5.41, 5.74) is 4.55. The van der Waals surface area contributed by atoms with Crippen molar-refractivity contribution >= 4 is 28.4 Å². The molecular formula is C13H13N3O2. The molecule has 0 aliphatic heterocycles. The molecule has 92 valence electrons. The fourth-order valence-corrected chi connectivity index (χ4v) is 1.60. The maximum atomic E-state index is 10.6. The summed E-state index contributed by atoms with van der Waals surface area (Å²) in [7, 11) is 0. The van der Waals surface area contributed by atoms with Crippen LogP contribution in [0, 0.1) is 6.92 Å². The van der Waals surface area contributed by atoms with Gasteiger partial charge < -0.3 is 5.11 Å². The van der Waals surface area contributed by atoms with E-state index in [1.807, 2.05) is 37.3 Å². The van der Waals surface area contributed by atoms with E-state index in [0.29, 0.717) is 5.82 Å². The van der Waals surface area contributed by atoms with Crippen LogP contribution in [0.5, 0.6) is 0 Å². The molecule has 1 aromatic heterocycles. The molecule has 0 aliphatic carbocycles. The van der Waals surface area contributed by atoms with Gasteiger partial charge in [-0.2, -0.15) is 5.10 Å². The molecule has 0 amide bonds. The highest BCUT2D eigenvalue weighted by atomic mass is 16.4. The predicted octanol–water partition coefficient (Wildman–Crippen LogP) is 2.42. The molecule has 0 atom stereocenters. The number of nitrogens with one attached hydrogen (secondary N) is 1. The van der Waals surface area contributed by atoms with Crippen molar-refractivity contribution in [1.29, 1.82) is 0 Å². The summed E-state index contributed by atoms with van der Waals surface area (Å²) >= 11 is 0. The molecule has 5 heteroatoms. The number of carboxylic acids is 1. The zero-order valence-corrected chi connectivity index (χ0v) is 10.1. The summed E-state index contributed by atoms with van der Waals surface area (Å²) in [6, 6.07) is 9.59. The van der Waals surface area contributed by atoms with Crippen LogP contribution in [0.25, 0.3) is 10.9 Å². The first-order chi connectivity index (χ1) is 8.58. The molecule has 0 unspecified atom stereocenters. The first-order valence-electron chi connectivity index (χ1n) is 5.48. The minimum atomic E-state index is -1.06. The topological polar surface area (TPSA) is 74.6 Å². The van der Waals surface area contributed by atoms with Crippen LogP contribution in [-0.4, -0.2) is 21.8 Å². The molecule has 2 rings (SSSR count). The lowest BCUT2D eigenvalue weighted by atomic mass is 10.1. The van der Waals surface area contributed by atoms with Crippen LogP contribution in [0.2, 0.25) is 0 Å². The number of aryl methyl sites for hydroxylation is 1. The molecule has 18 heavy (non-hydrogen) atoms. The van der Waals surface area contributed by atoms with Crippen molar-refractivity contribution in [3.63, 3.8) is 0 Å². The molecular weight excluding hydrogens is 230 g/mol. The van der Waals surface area contributed by atoms with Gasteiger partial charge in [-0.25, -0.2) is 9.78 Å². The monoisotopic (exact) mass is 243 g/mol. The number of para-hydroxylation sites is 1. The number of benzene rings is 1. The Morgan fingerprint density at radius 1 is 1.39 bits per heavy atom. The number of nitrogens with zero attached hydrogens (tertiary/aromatic N) is 2. The Kier molecular flexibility index (Phi) is 3.23. The maximum absolute atomic E-state index is 10.6. The molecule has 5 nitrogen and oxygen atoms in total. The quantitative estimate of drug-likeness (QED) is 0.641. The fourth-order valence-electron chi connectivity index (χ4n) is 1.60. The second-order valence-corrected chi connectivity index (χ2v) is 3.96. The van der Waals surface area contributed by atoms with Gasteiger partial charge in [-0.1, -0.05) is 18.2 Å². The van der Waals surface area contributed by atoms with Crippen LogP contribution in [0.3, 0.4) is 0 Å². The summed E-state index contributed by atoms with van der Waals surface area (Å²) in [6.07, 6.45) is 0.